The van der Waals surface area contributed by atoms with Crippen molar-refractivity contribution in [3.8, 4) is 0 Å². The van der Waals surface area contributed by atoms with Gasteiger partial charge in [-0.2, -0.15) is 0 Å². The number of hydrogen-bond acceptors (Lipinski definition) is 2. The quantitative estimate of drug-likeness (QED) is 0.902. The lowest BCUT2D eigenvalue weighted by Gasteiger charge is -2.22. The number of benzene rings is 2. The second-order valence-corrected chi connectivity index (χ2v) is 6.49. The van der Waals surface area contributed by atoms with Gasteiger partial charge in [-0.25, -0.2) is 4.79 Å². The van der Waals surface area contributed by atoms with Crippen molar-refractivity contribution < 1.29 is 9.59 Å². The fraction of sp³-hybridized carbons (Fsp3) is 0.300. The van der Waals surface area contributed by atoms with Gasteiger partial charge in [0.15, 0.2) is 0 Å². The van der Waals surface area contributed by atoms with Crippen LogP contribution in [0.1, 0.15) is 23.6 Å². The Kier molecular flexibility index (Phi) is 4.74. The van der Waals surface area contributed by atoms with E-state index in [1.165, 1.54) is 11.1 Å². The summed E-state index contributed by atoms with van der Waals surface area (Å²) < 4.78 is 0. The molecule has 1 aliphatic heterocycles. The van der Waals surface area contributed by atoms with Gasteiger partial charge in [-0.05, 0) is 62.1 Å². The number of nitrogens with zero attached hydrogens (tertiary/aromatic N) is 1. The van der Waals surface area contributed by atoms with Crippen LogP contribution in [0.5, 0.6) is 0 Å². The molecule has 25 heavy (non-hydrogen) atoms. The number of aryl methyl sites for hydroxylation is 2. The SMILES string of the molecule is Cc1ccc(NC(=O)N[C@H](C)C(=O)N2CCc3ccccc32)cc1C. The van der Waals surface area contributed by atoms with Crippen LogP contribution in [0.15, 0.2) is 42.5 Å². The fourth-order valence-electron chi connectivity index (χ4n) is 3.05. The topological polar surface area (TPSA) is 61.4 Å². The van der Waals surface area contributed by atoms with Gasteiger partial charge in [0.25, 0.3) is 0 Å². The van der Waals surface area contributed by atoms with Crippen LogP contribution in [0, 0.1) is 13.8 Å². The van der Waals surface area contributed by atoms with E-state index in [1.807, 2.05) is 56.3 Å². The molecule has 0 unspecified atom stereocenters. The summed E-state index contributed by atoms with van der Waals surface area (Å²) in [5.41, 5.74) is 5.10. The molecule has 2 aromatic carbocycles. The van der Waals surface area contributed by atoms with E-state index in [-0.39, 0.29) is 11.9 Å². The van der Waals surface area contributed by atoms with Crippen LogP contribution < -0.4 is 15.5 Å². The monoisotopic (exact) mass is 337 g/mol. The molecule has 0 saturated carbocycles. The molecule has 1 heterocycles. The van der Waals surface area contributed by atoms with Crippen LogP contribution in [-0.4, -0.2) is 24.5 Å². The van der Waals surface area contributed by atoms with Crippen molar-refractivity contribution in [3.05, 3.63) is 59.2 Å². The lowest BCUT2D eigenvalue weighted by molar-refractivity contribution is -0.119. The van der Waals surface area contributed by atoms with Gasteiger partial charge in [-0.3, -0.25) is 4.79 Å². The van der Waals surface area contributed by atoms with Crippen LogP contribution in [0.3, 0.4) is 0 Å². The number of carbonyl (C=O) groups is 2. The zero-order valence-corrected chi connectivity index (χ0v) is 14.8. The van der Waals surface area contributed by atoms with E-state index in [0.717, 1.165) is 17.7 Å². The van der Waals surface area contributed by atoms with E-state index in [1.54, 1.807) is 11.8 Å². The Bertz CT molecular complexity index is 816. The number of fused-ring (bicyclic) bond motifs is 1. The van der Waals surface area contributed by atoms with Gasteiger partial charge in [0.2, 0.25) is 5.91 Å². The Hall–Kier alpha value is -2.82. The molecule has 1 aliphatic rings. The van der Waals surface area contributed by atoms with Crippen LogP contribution in [0.25, 0.3) is 0 Å². The third kappa shape index (κ3) is 3.65. The van der Waals surface area contributed by atoms with Crippen LogP contribution in [0.2, 0.25) is 0 Å². The number of para-hydroxylation sites is 1. The molecule has 5 heteroatoms. The summed E-state index contributed by atoms with van der Waals surface area (Å²) in [6, 6.07) is 12.6. The van der Waals surface area contributed by atoms with E-state index in [2.05, 4.69) is 10.6 Å². The van der Waals surface area contributed by atoms with E-state index in [9.17, 15) is 9.59 Å². The Morgan fingerprint density at radius 1 is 1.08 bits per heavy atom. The summed E-state index contributed by atoms with van der Waals surface area (Å²) >= 11 is 0. The zero-order chi connectivity index (χ0) is 18.0. The number of anilines is 2. The summed E-state index contributed by atoms with van der Waals surface area (Å²) in [6.07, 6.45) is 0.851. The molecule has 0 bridgehead atoms. The maximum absolute atomic E-state index is 12.7. The summed E-state index contributed by atoms with van der Waals surface area (Å²) in [7, 11) is 0. The largest absolute Gasteiger partial charge is 0.326 e. The highest BCUT2D eigenvalue weighted by atomic mass is 16.2. The predicted molar refractivity (Wildman–Crippen MR) is 100 cm³/mol. The van der Waals surface area contributed by atoms with E-state index >= 15 is 0 Å². The van der Waals surface area contributed by atoms with Gasteiger partial charge in [-0.1, -0.05) is 24.3 Å². The van der Waals surface area contributed by atoms with Crippen molar-refractivity contribution in [2.45, 2.75) is 33.2 Å². The first-order valence-corrected chi connectivity index (χ1v) is 8.50. The minimum absolute atomic E-state index is 0.0970. The van der Waals surface area contributed by atoms with Crippen LogP contribution >= 0.6 is 0 Å². The van der Waals surface area contributed by atoms with Gasteiger partial charge >= 0.3 is 6.03 Å². The predicted octanol–water partition coefficient (Wildman–Crippen LogP) is 3.40. The first-order chi connectivity index (χ1) is 12.0. The molecule has 0 aromatic heterocycles. The molecule has 0 spiro atoms. The summed E-state index contributed by atoms with van der Waals surface area (Å²) in [5.74, 6) is -0.0970. The molecule has 5 nitrogen and oxygen atoms in total. The lowest BCUT2D eigenvalue weighted by Crippen LogP contribution is -2.47. The average molecular weight is 337 g/mol. The van der Waals surface area contributed by atoms with Crippen molar-refractivity contribution in [2.75, 3.05) is 16.8 Å². The standard InChI is InChI=1S/C20H23N3O2/c1-13-8-9-17(12-14(13)2)22-20(25)21-15(3)19(24)23-11-10-16-6-4-5-7-18(16)23/h4-9,12,15H,10-11H2,1-3H3,(H2,21,22,25)/t15-/m1/s1. The zero-order valence-electron chi connectivity index (χ0n) is 14.8. The highest BCUT2D eigenvalue weighted by Gasteiger charge is 2.28. The second kappa shape index (κ2) is 6.97. The molecule has 3 rings (SSSR count). The fourth-order valence-corrected chi connectivity index (χ4v) is 3.05. The Morgan fingerprint density at radius 3 is 2.60 bits per heavy atom. The highest BCUT2D eigenvalue weighted by Crippen LogP contribution is 2.27. The van der Waals surface area contributed by atoms with Crippen LogP contribution in [0.4, 0.5) is 16.2 Å². The van der Waals surface area contributed by atoms with Crippen molar-refractivity contribution in [1.29, 1.82) is 0 Å². The number of carbonyl (C=O) groups excluding carboxylic acids is 2. The number of amides is 3. The van der Waals surface area contributed by atoms with E-state index in [4.69, 9.17) is 0 Å². The summed E-state index contributed by atoms with van der Waals surface area (Å²) in [5, 5.41) is 5.51. The first-order valence-electron chi connectivity index (χ1n) is 8.50. The minimum atomic E-state index is -0.599. The minimum Gasteiger partial charge on any atom is -0.326 e. The highest BCUT2D eigenvalue weighted by molar-refractivity contribution is 6.01. The third-order valence-electron chi connectivity index (χ3n) is 4.64. The average Bonchev–Trinajstić information content (AvgIpc) is 3.01. The van der Waals surface area contributed by atoms with Crippen molar-refractivity contribution in [3.63, 3.8) is 0 Å². The summed E-state index contributed by atoms with van der Waals surface area (Å²) in [6.45, 7) is 6.38. The third-order valence-corrected chi connectivity index (χ3v) is 4.64. The molecular weight excluding hydrogens is 314 g/mol. The first kappa shape index (κ1) is 17.0. The Balaban J connectivity index is 1.62. The molecule has 0 fully saturated rings. The maximum atomic E-state index is 12.7. The van der Waals surface area contributed by atoms with Gasteiger partial charge in [0, 0.05) is 17.9 Å². The molecule has 130 valence electrons. The van der Waals surface area contributed by atoms with Crippen molar-refractivity contribution in [1.82, 2.24) is 5.32 Å². The smallest absolute Gasteiger partial charge is 0.319 e. The number of rotatable bonds is 3. The molecule has 2 aromatic rings. The van der Waals surface area contributed by atoms with Crippen molar-refractivity contribution >= 4 is 23.3 Å². The van der Waals surface area contributed by atoms with Gasteiger partial charge in [0.1, 0.15) is 6.04 Å². The van der Waals surface area contributed by atoms with Gasteiger partial charge in [0.05, 0.1) is 0 Å². The van der Waals surface area contributed by atoms with E-state index < -0.39 is 6.04 Å². The summed E-state index contributed by atoms with van der Waals surface area (Å²) in [4.78, 5) is 26.6. The Labute approximate surface area is 148 Å². The molecule has 0 saturated heterocycles. The molecule has 2 N–H and O–H groups in total. The van der Waals surface area contributed by atoms with Gasteiger partial charge < -0.3 is 15.5 Å². The van der Waals surface area contributed by atoms with Crippen molar-refractivity contribution in [2.24, 2.45) is 0 Å². The molecule has 0 radical (unpaired) electrons. The molecule has 0 aliphatic carbocycles. The normalized spacial score (nSPS) is 14.0. The molecule has 3 amide bonds. The number of urea groups is 1. The molecular formula is C20H23N3O2. The lowest BCUT2D eigenvalue weighted by atomic mass is 10.1. The maximum Gasteiger partial charge on any atom is 0.319 e. The Morgan fingerprint density at radius 2 is 1.84 bits per heavy atom. The van der Waals surface area contributed by atoms with E-state index in [0.29, 0.717) is 12.2 Å². The number of hydrogen-bond donors (Lipinski definition) is 2. The number of nitrogens with one attached hydrogen (secondary N) is 2. The molecule has 1 atom stereocenters. The van der Waals surface area contributed by atoms with Crippen LogP contribution in [-0.2, 0) is 11.2 Å². The van der Waals surface area contributed by atoms with Gasteiger partial charge in [-0.15, -0.1) is 0 Å². The second-order valence-electron chi connectivity index (χ2n) is 6.49.